The summed E-state index contributed by atoms with van der Waals surface area (Å²) in [6.45, 7) is 14.0. The molecular weight excluding hydrogens is 120 g/mol. The average molecular weight is 139 g/mol. The molecule has 0 saturated heterocycles. The standard InChI is InChI=1S/C5H11.C3H7.Mg/c1-5(2,3)4;1-3-2;/h1H2,2-4H3;3H,1-2H3;/q2*-1;+2. The normalized spacial score (nSPS) is 8.67. The van der Waals surface area contributed by atoms with E-state index in [1.807, 2.05) is 20.3 Å². The molecule has 9 heavy (non-hydrogen) atoms. The van der Waals surface area contributed by atoms with Gasteiger partial charge in [-0.15, -0.1) is 0 Å². The minimum absolute atomic E-state index is 0. The van der Waals surface area contributed by atoms with Crippen LogP contribution in [0, 0.1) is 18.8 Å². The first-order valence-corrected chi connectivity index (χ1v) is 3.01. The van der Waals surface area contributed by atoms with Gasteiger partial charge < -0.3 is 13.3 Å². The second-order valence-corrected chi connectivity index (χ2v) is 3.14. The van der Waals surface area contributed by atoms with E-state index < -0.39 is 0 Å². The SMILES string of the molecule is C[CH-]C.[CH2-]C(C)(C)C.[Mg+2]. The zero-order chi connectivity index (χ0) is 7.21. The van der Waals surface area contributed by atoms with Gasteiger partial charge >= 0.3 is 23.1 Å². The monoisotopic (exact) mass is 138 g/mol. The van der Waals surface area contributed by atoms with E-state index in [1.54, 1.807) is 0 Å². The minimum Gasteiger partial charge on any atom is -0.338 e. The average Bonchev–Trinajstić information content (AvgIpc) is 1.27. The van der Waals surface area contributed by atoms with Gasteiger partial charge in [0.2, 0.25) is 0 Å². The van der Waals surface area contributed by atoms with Crippen LogP contribution >= 0.6 is 0 Å². The van der Waals surface area contributed by atoms with E-state index in [4.69, 9.17) is 0 Å². The maximum absolute atomic E-state index is 3.77. The molecule has 0 N–H and O–H groups in total. The molecule has 0 aliphatic carbocycles. The summed E-state index contributed by atoms with van der Waals surface area (Å²) in [6, 6.07) is 0. The molecule has 0 spiro atoms. The van der Waals surface area contributed by atoms with Crippen LogP contribution in [0.25, 0.3) is 0 Å². The second-order valence-electron chi connectivity index (χ2n) is 3.14. The van der Waals surface area contributed by atoms with Gasteiger partial charge in [0.15, 0.2) is 0 Å². The first kappa shape index (κ1) is 16.4. The smallest absolute Gasteiger partial charge is 0.338 e. The third-order valence-corrected chi connectivity index (χ3v) is 0. The van der Waals surface area contributed by atoms with Gasteiger partial charge in [0.05, 0.1) is 0 Å². The van der Waals surface area contributed by atoms with E-state index in [0.717, 1.165) is 0 Å². The first-order chi connectivity index (χ1) is 3.41. The maximum atomic E-state index is 3.77. The van der Waals surface area contributed by atoms with Gasteiger partial charge in [-0.3, -0.25) is 0 Å². The summed E-state index contributed by atoms with van der Waals surface area (Å²) in [5, 5.41) is 0. The molecule has 0 rings (SSSR count). The molecule has 52 valence electrons. The Balaban J connectivity index is -0.0000000800. The third-order valence-electron chi connectivity index (χ3n) is 0. The fourth-order valence-corrected chi connectivity index (χ4v) is 0. The quantitative estimate of drug-likeness (QED) is 0.357. The zero-order valence-electron chi connectivity index (χ0n) is 7.49. The van der Waals surface area contributed by atoms with Gasteiger partial charge in [-0.25, -0.2) is 0 Å². The van der Waals surface area contributed by atoms with Gasteiger partial charge in [-0.2, -0.15) is 19.3 Å². The van der Waals surface area contributed by atoms with Crippen molar-refractivity contribution in [3.05, 3.63) is 13.3 Å². The fraction of sp³-hybridized carbons (Fsp3) is 0.750. The van der Waals surface area contributed by atoms with Crippen molar-refractivity contribution >= 4 is 23.1 Å². The Bertz CT molecular complexity index is 28.3. The van der Waals surface area contributed by atoms with Gasteiger partial charge in [-0.05, 0) is 0 Å². The van der Waals surface area contributed by atoms with E-state index in [0.29, 0.717) is 0 Å². The molecule has 0 bridgehead atoms. The van der Waals surface area contributed by atoms with Crippen molar-refractivity contribution in [2.45, 2.75) is 34.6 Å². The molecule has 0 aromatic heterocycles. The van der Waals surface area contributed by atoms with E-state index in [9.17, 15) is 0 Å². The second kappa shape index (κ2) is 8.77. The van der Waals surface area contributed by atoms with Crippen molar-refractivity contribution in [3.63, 3.8) is 0 Å². The molecule has 1 heteroatoms. The van der Waals surface area contributed by atoms with Crippen LogP contribution in [-0.2, 0) is 0 Å². The molecule has 0 saturated carbocycles. The van der Waals surface area contributed by atoms with E-state index >= 15 is 0 Å². The third kappa shape index (κ3) is 684. The Morgan fingerprint density at radius 1 is 1.11 bits per heavy atom. The van der Waals surface area contributed by atoms with Crippen LogP contribution < -0.4 is 0 Å². The molecule has 0 nitrogen and oxygen atoms in total. The van der Waals surface area contributed by atoms with Crippen molar-refractivity contribution in [3.8, 4) is 0 Å². The minimum atomic E-state index is 0. The molecule has 0 heterocycles. The Hall–Kier alpha value is 0.766. The molecule has 0 radical (unpaired) electrons. The van der Waals surface area contributed by atoms with Crippen LogP contribution in [0.1, 0.15) is 34.6 Å². The van der Waals surface area contributed by atoms with Crippen LogP contribution in [0.5, 0.6) is 0 Å². The van der Waals surface area contributed by atoms with Crippen molar-refractivity contribution in [1.82, 2.24) is 0 Å². The summed E-state index contributed by atoms with van der Waals surface area (Å²) in [4.78, 5) is 0. The number of rotatable bonds is 0. The van der Waals surface area contributed by atoms with Crippen molar-refractivity contribution in [2.24, 2.45) is 5.41 Å². The number of hydrogen-bond donors (Lipinski definition) is 0. The Kier molecular flexibility index (Phi) is 16.0. The van der Waals surface area contributed by atoms with Gasteiger partial charge in [0, 0.05) is 0 Å². The largest absolute Gasteiger partial charge is 2.00 e. The van der Waals surface area contributed by atoms with Gasteiger partial charge in [0.25, 0.3) is 0 Å². The molecule has 0 atom stereocenters. The fourth-order valence-electron chi connectivity index (χ4n) is 0. The molecule has 0 amide bonds. The predicted molar refractivity (Wildman–Crippen MR) is 46.2 cm³/mol. The summed E-state index contributed by atoms with van der Waals surface area (Å²) < 4.78 is 0. The van der Waals surface area contributed by atoms with Crippen molar-refractivity contribution in [1.29, 1.82) is 0 Å². The summed E-state index contributed by atoms with van der Waals surface area (Å²) >= 11 is 0. The summed E-state index contributed by atoms with van der Waals surface area (Å²) in [7, 11) is 0. The Labute approximate surface area is 76.6 Å². The Morgan fingerprint density at radius 3 is 1.11 bits per heavy atom. The van der Waals surface area contributed by atoms with Crippen LogP contribution in [0.2, 0.25) is 0 Å². The van der Waals surface area contributed by atoms with E-state index in [-0.39, 0.29) is 28.5 Å². The van der Waals surface area contributed by atoms with E-state index in [2.05, 4.69) is 27.7 Å². The molecule has 0 aliphatic rings. The summed E-state index contributed by atoms with van der Waals surface area (Å²) in [5.41, 5.74) is 0.250. The number of hydrogen-bond acceptors (Lipinski definition) is 0. The zero-order valence-corrected chi connectivity index (χ0v) is 8.91. The molecule has 0 aromatic carbocycles. The van der Waals surface area contributed by atoms with Crippen molar-refractivity contribution in [2.75, 3.05) is 0 Å². The van der Waals surface area contributed by atoms with Crippen LogP contribution in [0.3, 0.4) is 0 Å². The van der Waals surface area contributed by atoms with Crippen molar-refractivity contribution < 1.29 is 0 Å². The maximum Gasteiger partial charge on any atom is 2.00 e. The van der Waals surface area contributed by atoms with Gasteiger partial charge in [0.1, 0.15) is 0 Å². The molecule has 0 fully saturated rings. The van der Waals surface area contributed by atoms with Crippen LogP contribution in [0.4, 0.5) is 0 Å². The van der Waals surface area contributed by atoms with Crippen LogP contribution in [-0.4, -0.2) is 23.1 Å². The molecule has 0 unspecified atom stereocenters. The molecule has 0 aromatic rings. The summed E-state index contributed by atoms with van der Waals surface area (Å²) in [5.74, 6) is 0. The topological polar surface area (TPSA) is 0 Å². The van der Waals surface area contributed by atoms with Crippen LogP contribution in [0.15, 0.2) is 0 Å². The Morgan fingerprint density at radius 2 is 1.11 bits per heavy atom. The first-order valence-electron chi connectivity index (χ1n) is 3.01. The van der Waals surface area contributed by atoms with E-state index in [1.165, 1.54) is 0 Å². The van der Waals surface area contributed by atoms with Gasteiger partial charge in [-0.1, -0.05) is 20.8 Å². The molecule has 0 aliphatic heterocycles. The molecular formula is C8H18Mg. The predicted octanol–water partition coefficient (Wildman–Crippen LogP) is 2.72. The summed E-state index contributed by atoms with van der Waals surface area (Å²) in [6.07, 6.45) is 2.00.